The van der Waals surface area contributed by atoms with Gasteiger partial charge in [0.1, 0.15) is 18.3 Å². The van der Waals surface area contributed by atoms with Crippen molar-refractivity contribution in [2.45, 2.75) is 44.6 Å². The molecule has 0 radical (unpaired) electrons. The van der Waals surface area contributed by atoms with Crippen molar-refractivity contribution in [1.29, 1.82) is 0 Å². The molecule has 0 amide bonds. The summed E-state index contributed by atoms with van der Waals surface area (Å²) in [5, 5.41) is 19.1. The van der Waals surface area contributed by atoms with Crippen LogP contribution in [-0.2, 0) is 14.2 Å². The number of halogens is 1. The van der Waals surface area contributed by atoms with Crippen molar-refractivity contribution in [2.75, 3.05) is 6.61 Å². The van der Waals surface area contributed by atoms with Crippen molar-refractivity contribution >= 4 is 26.6 Å². The standard InChI is InChI=1S/C9H15IO6/c1-4(2)15-7-6(12)5(11)3-14-8(7)16-9(10)13/h4-8,11-12H,3H2,1-2H3. The summed E-state index contributed by atoms with van der Waals surface area (Å²) in [6.45, 7) is 3.46. The topological polar surface area (TPSA) is 85.2 Å². The minimum Gasteiger partial charge on any atom is -0.425 e. The van der Waals surface area contributed by atoms with E-state index in [0.29, 0.717) is 0 Å². The molecule has 94 valence electrons. The number of carbonyl (C=O) groups is 1. The van der Waals surface area contributed by atoms with Gasteiger partial charge in [-0.25, -0.2) is 4.79 Å². The monoisotopic (exact) mass is 346 g/mol. The number of rotatable bonds is 3. The second-order valence-electron chi connectivity index (χ2n) is 3.76. The Kier molecular flexibility index (Phi) is 5.38. The molecule has 7 heteroatoms. The lowest BCUT2D eigenvalue weighted by molar-refractivity contribution is -0.267. The molecule has 0 aromatic carbocycles. The maximum Gasteiger partial charge on any atom is 0.369 e. The molecule has 16 heavy (non-hydrogen) atoms. The van der Waals surface area contributed by atoms with Gasteiger partial charge in [-0.3, -0.25) is 0 Å². The molecule has 1 fully saturated rings. The zero-order valence-corrected chi connectivity index (χ0v) is 11.2. The molecular weight excluding hydrogens is 331 g/mol. The van der Waals surface area contributed by atoms with Gasteiger partial charge in [0.05, 0.1) is 35.3 Å². The summed E-state index contributed by atoms with van der Waals surface area (Å²) in [5.74, 6) is 0. The molecule has 2 N–H and O–H groups in total. The highest BCUT2D eigenvalue weighted by molar-refractivity contribution is 14.1. The lowest BCUT2D eigenvalue weighted by atomic mass is 10.1. The van der Waals surface area contributed by atoms with E-state index in [0.717, 1.165) is 0 Å². The van der Waals surface area contributed by atoms with E-state index in [2.05, 4.69) is 0 Å². The third-order valence-electron chi connectivity index (χ3n) is 2.07. The Morgan fingerprint density at radius 1 is 1.50 bits per heavy atom. The lowest BCUT2D eigenvalue weighted by Gasteiger charge is -2.37. The van der Waals surface area contributed by atoms with E-state index < -0.39 is 28.6 Å². The Hall–Kier alpha value is 0.0400. The number of aliphatic hydroxyl groups excluding tert-OH is 2. The van der Waals surface area contributed by atoms with E-state index in [4.69, 9.17) is 14.2 Å². The Morgan fingerprint density at radius 3 is 2.62 bits per heavy atom. The van der Waals surface area contributed by atoms with Gasteiger partial charge >= 0.3 is 3.98 Å². The third kappa shape index (κ3) is 3.81. The summed E-state index contributed by atoms with van der Waals surface area (Å²) >= 11 is 1.46. The van der Waals surface area contributed by atoms with Gasteiger partial charge in [0, 0.05) is 0 Å². The predicted molar refractivity (Wildman–Crippen MR) is 62.3 cm³/mol. The van der Waals surface area contributed by atoms with Crippen molar-refractivity contribution in [3.8, 4) is 0 Å². The summed E-state index contributed by atoms with van der Waals surface area (Å²) in [4.78, 5) is 10.8. The first-order chi connectivity index (χ1) is 7.41. The van der Waals surface area contributed by atoms with Crippen LogP contribution in [0.2, 0.25) is 0 Å². The van der Waals surface area contributed by atoms with E-state index in [-0.39, 0.29) is 12.7 Å². The van der Waals surface area contributed by atoms with Crippen LogP contribution in [0.3, 0.4) is 0 Å². The highest BCUT2D eigenvalue weighted by Crippen LogP contribution is 2.22. The van der Waals surface area contributed by atoms with E-state index in [1.165, 1.54) is 22.6 Å². The smallest absolute Gasteiger partial charge is 0.369 e. The fourth-order valence-electron chi connectivity index (χ4n) is 1.42. The third-order valence-corrected chi connectivity index (χ3v) is 2.32. The van der Waals surface area contributed by atoms with Crippen LogP contribution in [0, 0.1) is 0 Å². The Labute approximate surface area is 107 Å². The normalized spacial score (nSPS) is 35.1. The van der Waals surface area contributed by atoms with E-state index >= 15 is 0 Å². The number of ether oxygens (including phenoxy) is 3. The fraction of sp³-hybridized carbons (Fsp3) is 0.889. The molecule has 1 saturated heterocycles. The molecule has 0 saturated carbocycles. The maximum atomic E-state index is 10.8. The quantitative estimate of drug-likeness (QED) is 0.570. The molecule has 0 aromatic heterocycles. The molecule has 0 aromatic rings. The summed E-state index contributed by atoms with van der Waals surface area (Å²) in [6.07, 6.45) is -4.19. The molecule has 1 heterocycles. The van der Waals surface area contributed by atoms with Gasteiger partial charge < -0.3 is 24.4 Å². The largest absolute Gasteiger partial charge is 0.425 e. The number of hydrogen-bond acceptors (Lipinski definition) is 6. The molecule has 6 nitrogen and oxygen atoms in total. The second kappa shape index (κ2) is 6.10. The van der Waals surface area contributed by atoms with Crippen LogP contribution in [0.1, 0.15) is 13.8 Å². The lowest BCUT2D eigenvalue weighted by Crippen LogP contribution is -2.55. The van der Waals surface area contributed by atoms with Crippen molar-refractivity contribution in [1.82, 2.24) is 0 Å². The van der Waals surface area contributed by atoms with Crippen LogP contribution in [-0.4, -0.2) is 51.5 Å². The maximum absolute atomic E-state index is 10.8. The fourth-order valence-corrected chi connectivity index (χ4v) is 1.67. The van der Waals surface area contributed by atoms with Crippen molar-refractivity contribution in [3.05, 3.63) is 0 Å². The van der Waals surface area contributed by atoms with E-state index in [1.54, 1.807) is 13.8 Å². The van der Waals surface area contributed by atoms with Gasteiger partial charge in [-0.15, -0.1) is 0 Å². The van der Waals surface area contributed by atoms with Crippen molar-refractivity contribution < 1.29 is 29.2 Å². The van der Waals surface area contributed by atoms with E-state index in [1.807, 2.05) is 0 Å². The highest BCUT2D eigenvalue weighted by Gasteiger charge is 2.42. The van der Waals surface area contributed by atoms with Crippen LogP contribution >= 0.6 is 22.6 Å². The molecule has 1 aliphatic rings. The number of carbonyl (C=O) groups excluding carboxylic acids is 1. The SMILES string of the molecule is CC(C)OC1C(OC(=O)I)OCC(O)C1O. The first kappa shape index (κ1) is 14.1. The average molecular weight is 346 g/mol. The number of hydrogen-bond donors (Lipinski definition) is 2. The summed E-state index contributed by atoms with van der Waals surface area (Å²) in [7, 11) is 0. The Balaban J connectivity index is 2.68. The second-order valence-corrected chi connectivity index (χ2v) is 4.65. The van der Waals surface area contributed by atoms with Crippen LogP contribution in [0.15, 0.2) is 0 Å². The van der Waals surface area contributed by atoms with Crippen LogP contribution in [0.5, 0.6) is 0 Å². The molecule has 0 bridgehead atoms. The zero-order valence-electron chi connectivity index (χ0n) is 9.00. The minimum absolute atomic E-state index is 0.0896. The molecule has 0 spiro atoms. The molecule has 1 aliphatic heterocycles. The van der Waals surface area contributed by atoms with Crippen LogP contribution in [0.25, 0.3) is 0 Å². The van der Waals surface area contributed by atoms with Gasteiger partial charge in [-0.05, 0) is 13.8 Å². The first-order valence-corrected chi connectivity index (χ1v) is 5.99. The highest BCUT2D eigenvalue weighted by atomic mass is 127. The van der Waals surface area contributed by atoms with Crippen LogP contribution < -0.4 is 0 Å². The van der Waals surface area contributed by atoms with Gasteiger partial charge in [-0.2, -0.15) is 0 Å². The van der Waals surface area contributed by atoms with Gasteiger partial charge in [-0.1, -0.05) is 0 Å². The molecule has 4 unspecified atom stereocenters. The Bertz CT molecular complexity index is 246. The van der Waals surface area contributed by atoms with Gasteiger partial charge in [0.15, 0.2) is 0 Å². The molecule has 0 aliphatic carbocycles. The van der Waals surface area contributed by atoms with E-state index in [9.17, 15) is 15.0 Å². The molecule has 1 rings (SSSR count). The zero-order chi connectivity index (χ0) is 12.3. The minimum atomic E-state index is -1.13. The molecule has 4 atom stereocenters. The summed E-state index contributed by atoms with van der Waals surface area (Å²) < 4.78 is 14.8. The Morgan fingerprint density at radius 2 is 2.12 bits per heavy atom. The van der Waals surface area contributed by atoms with Crippen molar-refractivity contribution in [2.24, 2.45) is 0 Å². The predicted octanol–water partition coefficient (Wildman–Crippen LogP) is 0.430. The van der Waals surface area contributed by atoms with Gasteiger partial charge in [0.2, 0.25) is 6.29 Å². The summed E-state index contributed by atoms with van der Waals surface area (Å²) in [6, 6.07) is 0. The van der Waals surface area contributed by atoms with Crippen LogP contribution in [0.4, 0.5) is 4.79 Å². The summed E-state index contributed by atoms with van der Waals surface area (Å²) in [5.41, 5.74) is 0. The van der Waals surface area contributed by atoms with Gasteiger partial charge in [0.25, 0.3) is 0 Å². The van der Waals surface area contributed by atoms with Crippen molar-refractivity contribution in [3.63, 3.8) is 0 Å². The molecular formula is C9H15IO6. The first-order valence-electron chi connectivity index (χ1n) is 4.91. The average Bonchev–Trinajstić information content (AvgIpc) is 2.16. The number of aliphatic hydroxyl groups is 2.